The van der Waals surface area contributed by atoms with Gasteiger partial charge in [-0.3, -0.25) is 9.59 Å². The van der Waals surface area contributed by atoms with Crippen molar-refractivity contribution < 1.29 is 14.3 Å². The summed E-state index contributed by atoms with van der Waals surface area (Å²) >= 11 is 7.47. The number of halogens is 1. The summed E-state index contributed by atoms with van der Waals surface area (Å²) < 4.78 is 5.11. The molecule has 0 unspecified atom stereocenters. The lowest BCUT2D eigenvalue weighted by molar-refractivity contribution is 0.0996. The van der Waals surface area contributed by atoms with Crippen molar-refractivity contribution >= 4 is 46.1 Å². The van der Waals surface area contributed by atoms with Crippen molar-refractivity contribution in [3.8, 4) is 5.75 Å². The molecule has 1 heterocycles. The molecule has 2 aromatic carbocycles. The van der Waals surface area contributed by atoms with Gasteiger partial charge in [0.2, 0.25) is 0 Å². The third-order valence-electron chi connectivity index (χ3n) is 3.96. The molecule has 138 valence electrons. The molecule has 0 saturated heterocycles. The zero-order chi connectivity index (χ0) is 19.4. The van der Waals surface area contributed by atoms with Crippen LogP contribution in [0.2, 0.25) is 5.02 Å². The van der Waals surface area contributed by atoms with Crippen molar-refractivity contribution in [3.63, 3.8) is 0 Å². The average Bonchev–Trinajstić information content (AvgIpc) is 3.21. The predicted molar refractivity (Wildman–Crippen MR) is 109 cm³/mol. The largest absolute Gasteiger partial charge is 0.495 e. The number of hydrogen-bond donors (Lipinski definition) is 1. The van der Waals surface area contributed by atoms with E-state index in [-0.39, 0.29) is 11.8 Å². The van der Waals surface area contributed by atoms with Crippen molar-refractivity contribution in [3.05, 3.63) is 75.4 Å². The normalized spacial score (nSPS) is 10.3. The van der Waals surface area contributed by atoms with Crippen LogP contribution in [0.1, 0.15) is 20.0 Å². The molecule has 0 aliphatic rings. The van der Waals surface area contributed by atoms with Gasteiger partial charge in [0.1, 0.15) is 5.75 Å². The van der Waals surface area contributed by atoms with Gasteiger partial charge in [0.15, 0.2) is 0 Å². The molecule has 3 aromatic rings. The molecule has 1 N–H and O–H groups in total. The Hall–Kier alpha value is -2.83. The molecule has 0 aliphatic carbocycles. The molecule has 27 heavy (non-hydrogen) atoms. The van der Waals surface area contributed by atoms with Crippen molar-refractivity contribution in [1.29, 1.82) is 0 Å². The molecule has 0 radical (unpaired) electrons. The Kier molecular flexibility index (Phi) is 5.78. The number of carbonyl (C=O) groups is 2. The summed E-state index contributed by atoms with van der Waals surface area (Å²) in [5, 5.41) is 5.04. The summed E-state index contributed by atoms with van der Waals surface area (Å²) in [6.07, 6.45) is 0. The van der Waals surface area contributed by atoms with Gasteiger partial charge >= 0.3 is 0 Å². The Labute approximate surface area is 166 Å². The number of nitrogens with one attached hydrogen (secondary N) is 1. The lowest BCUT2D eigenvalue weighted by Gasteiger charge is -2.20. The number of carbonyl (C=O) groups excluding carboxylic acids is 2. The topological polar surface area (TPSA) is 58.6 Å². The van der Waals surface area contributed by atoms with Crippen LogP contribution in [0.25, 0.3) is 0 Å². The van der Waals surface area contributed by atoms with Gasteiger partial charge in [-0.15, -0.1) is 11.3 Å². The Balaban J connectivity index is 1.85. The van der Waals surface area contributed by atoms with Crippen LogP contribution in [0.4, 0.5) is 11.4 Å². The van der Waals surface area contributed by atoms with Crippen LogP contribution in [0, 0.1) is 0 Å². The number of rotatable bonds is 5. The highest BCUT2D eigenvalue weighted by molar-refractivity contribution is 7.12. The lowest BCUT2D eigenvalue weighted by atomic mass is 10.1. The second kappa shape index (κ2) is 8.24. The third kappa shape index (κ3) is 4.13. The molecular weight excluding hydrogens is 384 g/mol. The van der Waals surface area contributed by atoms with Crippen LogP contribution < -0.4 is 15.0 Å². The quantitative estimate of drug-likeness (QED) is 0.660. The molecule has 0 atom stereocenters. The van der Waals surface area contributed by atoms with Crippen LogP contribution in [0.15, 0.2) is 60.0 Å². The SMILES string of the molecule is COc1ccc(NC(=O)c2ccccc2N(C)C(=O)c2cccs2)cc1Cl. The molecule has 1 aromatic heterocycles. The summed E-state index contributed by atoms with van der Waals surface area (Å²) in [6, 6.07) is 15.5. The zero-order valence-electron chi connectivity index (χ0n) is 14.7. The first-order valence-corrected chi connectivity index (χ1v) is 9.32. The first kappa shape index (κ1) is 18.9. The first-order chi connectivity index (χ1) is 13.0. The molecule has 0 spiro atoms. The van der Waals surface area contributed by atoms with E-state index in [9.17, 15) is 9.59 Å². The van der Waals surface area contributed by atoms with E-state index in [4.69, 9.17) is 16.3 Å². The molecule has 2 amide bonds. The monoisotopic (exact) mass is 400 g/mol. The third-order valence-corrected chi connectivity index (χ3v) is 5.11. The van der Waals surface area contributed by atoms with Crippen molar-refractivity contribution in [2.75, 3.05) is 24.4 Å². The second-order valence-corrected chi connectivity index (χ2v) is 7.02. The summed E-state index contributed by atoms with van der Waals surface area (Å²) in [6.45, 7) is 0. The van der Waals surface area contributed by atoms with E-state index in [0.717, 1.165) is 0 Å². The molecule has 0 aliphatic heterocycles. The summed E-state index contributed by atoms with van der Waals surface area (Å²) in [5.41, 5.74) is 1.44. The van der Waals surface area contributed by atoms with E-state index in [1.54, 1.807) is 55.6 Å². The number of amides is 2. The van der Waals surface area contributed by atoms with Gasteiger partial charge in [-0.05, 0) is 41.8 Å². The smallest absolute Gasteiger partial charge is 0.268 e. The molecule has 0 fully saturated rings. The molecule has 0 bridgehead atoms. The summed E-state index contributed by atoms with van der Waals surface area (Å²) in [4.78, 5) is 27.5. The highest BCUT2D eigenvalue weighted by atomic mass is 35.5. The summed E-state index contributed by atoms with van der Waals surface area (Å²) in [5.74, 6) is 0.0201. The van der Waals surface area contributed by atoms with Gasteiger partial charge in [-0.1, -0.05) is 29.8 Å². The minimum Gasteiger partial charge on any atom is -0.495 e. The van der Waals surface area contributed by atoms with Gasteiger partial charge < -0.3 is 15.0 Å². The highest BCUT2D eigenvalue weighted by Gasteiger charge is 2.20. The fraction of sp³-hybridized carbons (Fsp3) is 0.100. The van der Waals surface area contributed by atoms with Gasteiger partial charge in [-0.25, -0.2) is 0 Å². The number of anilines is 2. The number of hydrogen-bond acceptors (Lipinski definition) is 4. The fourth-order valence-corrected chi connectivity index (χ4v) is 3.53. The highest BCUT2D eigenvalue weighted by Crippen LogP contribution is 2.28. The Morgan fingerprint density at radius 3 is 2.56 bits per heavy atom. The second-order valence-electron chi connectivity index (χ2n) is 5.66. The lowest BCUT2D eigenvalue weighted by Crippen LogP contribution is -2.28. The maximum atomic E-state index is 12.8. The Morgan fingerprint density at radius 1 is 1.11 bits per heavy atom. The van der Waals surface area contributed by atoms with Crippen LogP contribution >= 0.6 is 22.9 Å². The number of para-hydroxylation sites is 1. The van der Waals surface area contributed by atoms with E-state index in [0.29, 0.717) is 32.6 Å². The predicted octanol–water partition coefficient (Wildman–Crippen LogP) is 4.94. The van der Waals surface area contributed by atoms with Crippen LogP contribution in [0.3, 0.4) is 0 Å². The number of methoxy groups -OCH3 is 1. The van der Waals surface area contributed by atoms with E-state index in [1.807, 2.05) is 11.4 Å². The maximum absolute atomic E-state index is 12.8. The Bertz CT molecular complexity index is 973. The van der Waals surface area contributed by atoms with E-state index >= 15 is 0 Å². The number of ether oxygens (including phenoxy) is 1. The zero-order valence-corrected chi connectivity index (χ0v) is 16.3. The van der Waals surface area contributed by atoms with Gasteiger partial charge in [0, 0.05) is 12.7 Å². The van der Waals surface area contributed by atoms with Crippen molar-refractivity contribution in [2.45, 2.75) is 0 Å². The van der Waals surface area contributed by atoms with Gasteiger partial charge in [0.05, 0.1) is 28.3 Å². The summed E-state index contributed by atoms with van der Waals surface area (Å²) in [7, 11) is 3.18. The number of thiophene rings is 1. The molecular formula is C20H17ClN2O3S. The van der Waals surface area contributed by atoms with Crippen LogP contribution in [0.5, 0.6) is 5.75 Å². The van der Waals surface area contributed by atoms with Crippen molar-refractivity contribution in [2.24, 2.45) is 0 Å². The molecule has 7 heteroatoms. The molecule has 0 saturated carbocycles. The van der Waals surface area contributed by atoms with E-state index < -0.39 is 0 Å². The number of benzene rings is 2. The average molecular weight is 401 g/mol. The van der Waals surface area contributed by atoms with Crippen molar-refractivity contribution in [1.82, 2.24) is 0 Å². The van der Waals surface area contributed by atoms with E-state index in [2.05, 4.69) is 5.32 Å². The standard InChI is InChI=1S/C20H17ClN2O3S/c1-23(20(25)18-8-5-11-27-18)16-7-4-3-6-14(16)19(24)22-13-9-10-17(26-2)15(21)12-13/h3-12H,1-2H3,(H,22,24). The molecule has 3 rings (SSSR count). The van der Waals surface area contributed by atoms with Crippen LogP contribution in [-0.4, -0.2) is 26.0 Å². The number of nitrogens with zero attached hydrogens (tertiary/aromatic N) is 1. The minimum absolute atomic E-state index is 0.169. The van der Waals surface area contributed by atoms with Gasteiger partial charge in [0.25, 0.3) is 11.8 Å². The molecule has 5 nitrogen and oxygen atoms in total. The van der Waals surface area contributed by atoms with Gasteiger partial charge in [-0.2, -0.15) is 0 Å². The first-order valence-electron chi connectivity index (χ1n) is 8.06. The fourth-order valence-electron chi connectivity index (χ4n) is 2.58. The van der Waals surface area contributed by atoms with Crippen LogP contribution in [-0.2, 0) is 0 Å². The minimum atomic E-state index is -0.335. The van der Waals surface area contributed by atoms with E-state index in [1.165, 1.54) is 23.3 Å². The Morgan fingerprint density at radius 2 is 1.89 bits per heavy atom. The maximum Gasteiger partial charge on any atom is 0.268 e.